The third-order valence-electron chi connectivity index (χ3n) is 3.03. The predicted octanol–water partition coefficient (Wildman–Crippen LogP) is 3.50. The van der Waals surface area contributed by atoms with Gasteiger partial charge in [0.15, 0.2) is 18.2 Å². The Bertz CT molecular complexity index is 587. The molecule has 2 N–H and O–H groups in total. The van der Waals surface area contributed by atoms with Crippen LogP contribution in [0.15, 0.2) is 48.5 Å². The SMILES string of the molecule is NCCc1ccc(OCC(F)(F)c2ccccc2)c(F)c1. The summed E-state index contributed by atoms with van der Waals surface area (Å²) in [7, 11) is 0. The van der Waals surface area contributed by atoms with Gasteiger partial charge in [0, 0.05) is 5.56 Å². The molecule has 0 bridgehead atoms. The first-order valence-electron chi connectivity index (χ1n) is 6.57. The van der Waals surface area contributed by atoms with Crippen molar-refractivity contribution in [3.63, 3.8) is 0 Å². The van der Waals surface area contributed by atoms with Crippen molar-refractivity contribution in [2.24, 2.45) is 5.73 Å². The topological polar surface area (TPSA) is 35.2 Å². The number of halogens is 3. The molecule has 2 rings (SSSR count). The molecule has 0 aliphatic heterocycles. The summed E-state index contributed by atoms with van der Waals surface area (Å²) in [6, 6.07) is 11.5. The number of ether oxygens (including phenoxy) is 1. The second-order valence-corrected chi connectivity index (χ2v) is 4.66. The van der Waals surface area contributed by atoms with Crippen LogP contribution in [0, 0.1) is 5.82 Å². The highest BCUT2D eigenvalue weighted by atomic mass is 19.3. The fourth-order valence-corrected chi connectivity index (χ4v) is 1.92. The lowest BCUT2D eigenvalue weighted by molar-refractivity contribution is -0.0475. The fourth-order valence-electron chi connectivity index (χ4n) is 1.92. The molecule has 21 heavy (non-hydrogen) atoms. The van der Waals surface area contributed by atoms with Crippen molar-refractivity contribution in [2.75, 3.05) is 13.2 Å². The maximum absolute atomic E-state index is 13.9. The minimum atomic E-state index is -3.18. The molecule has 112 valence electrons. The van der Waals surface area contributed by atoms with E-state index in [0.29, 0.717) is 18.5 Å². The van der Waals surface area contributed by atoms with Crippen LogP contribution >= 0.6 is 0 Å². The third-order valence-corrected chi connectivity index (χ3v) is 3.03. The van der Waals surface area contributed by atoms with Crippen LogP contribution < -0.4 is 10.5 Å². The summed E-state index contributed by atoms with van der Waals surface area (Å²) in [6.07, 6.45) is 0.525. The van der Waals surface area contributed by atoms with Crippen LogP contribution in [0.1, 0.15) is 11.1 Å². The molecule has 0 saturated heterocycles. The number of benzene rings is 2. The van der Waals surface area contributed by atoms with Gasteiger partial charge < -0.3 is 10.5 Å². The van der Waals surface area contributed by atoms with Crippen LogP contribution in [0.3, 0.4) is 0 Å². The number of rotatable bonds is 6. The third kappa shape index (κ3) is 3.98. The van der Waals surface area contributed by atoms with E-state index < -0.39 is 18.3 Å². The molecule has 0 atom stereocenters. The molecular weight excluding hydrogens is 279 g/mol. The van der Waals surface area contributed by atoms with E-state index in [-0.39, 0.29) is 11.3 Å². The van der Waals surface area contributed by atoms with Gasteiger partial charge in [-0.2, -0.15) is 8.78 Å². The summed E-state index contributed by atoms with van der Waals surface area (Å²) in [6.45, 7) is -0.518. The minimum Gasteiger partial charge on any atom is -0.484 e. The zero-order chi connectivity index (χ0) is 15.3. The van der Waals surface area contributed by atoms with Crippen molar-refractivity contribution >= 4 is 0 Å². The highest BCUT2D eigenvalue weighted by molar-refractivity contribution is 5.30. The number of nitrogens with two attached hydrogens (primary N) is 1. The van der Waals surface area contributed by atoms with E-state index in [0.717, 1.165) is 0 Å². The second-order valence-electron chi connectivity index (χ2n) is 4.66. The first-order valence-corrected chi connectivity index (χ1v) is 6.57. The Morgan fingerprint density at radius 2 is 1.76 bits per heavy atom. The van der Waals surface area contributed by atoms with Gasteiger partial charge in [0.2, 0.25) is 0 Å². The Labute approximate surface area is 121 Å². The maximum Gasteiger partial charge on any atom is 0.306 e. The normalized spacial score (nSPS) is 11.4. The fraction of sp³-hybridized carbons (Fsp3) is 0.250. The van der Waals surface area contributed by atoms with E-state index in [1.165, 1.54) is 36.4 Å². The Balaban J connectivity index is 2.06. The van der Waals surface area contributed by atoms with Gasteiger partial charge in [-0.25, -0.2) is 4.39 Å². The molecule has 0 saturated carbocycles. The second kappa shape index (κ2) is 6.63. The zero-order valence-corrected chi connectivity index (χ0v) is 11.4. The largest absolute Gasteiger partial charge is 0.484 e. The Morgan fingerprint density at radius 3 is 2.38 bits per heavy atom. The molecule has 0 radical (unpaired) electrons. The van der Waals surface area contributed by atoms with Crippen molar-refractivity contribution < 1.29 is 17.9 Å². The summed E-state index contributed by atoms with van der Waals surface area (Å²) in [5.74, 6) is -4.03. The van der Waals surface area contributed by atoms with E-state index in [1.807, 2.05) is 0 Å². The van der Waals surface area contributed by atoms with Crippen LogP contribution in [0.5, 0.6) is 5.75 Å². The summed E-state index contributed by atoms with van der Waals surface area (Å²) in [5.41, 5.74) is 5.92. The van der Waals surface area contributed by atoms with E-state index >= 15 is 0 Å². The molecule has 0 aromatic heterocycles. The lowest BCUT2D eigenvalue weighted by Crippen LogP contribution is -2.23. The van der Waals surface area contributed by atoms with Crippen molar-refractivity contribution in [3.8, 4) is 5.75 Å². The van der Waals surface area contributed by atoms with Crippen molar-refractivity contribution in [3.05, 3.63) is 65.5 Å². The summed E-state index contributed by atoms with van der Waals surface area (Å²) in [5, 5.41) is 0. The molecule has 0 heterocycles. The van der Waals surface area contributed by atoms with E-state index in [4.69, 9.17) is 10.5 Å². The van der Waals surface area contributed by atoms with Gasteiger partial charge in [0.25, 0.3) is 0 Å². The van der Waals surface area contributed by atoms with E-state index in [1.54, 1.807) is 12.1 Å². The quantitative estimate of drug-likeness (QED) is 0.885. The summed E-state index contributed by atoms with van der Waals surface area (Å²) >= 11 is 0. The van der Waals surface area contributed by atoms with E-state index in [9.17, 15) is 13.2 Å². The van der Waals surface area contributed by atoms with Crippen LogP contribution in [0.25, 0.3) is 0 Å². The van der Waals surface area contributed by atoms with Gasteiger partial charge in [-0.15, -0.1) is 0 Å². The summed E-state index contributed by atoms with van der Waals surface area (Å²) in [4.78, 5) is 0. The number of hydrogen-bond donors (Lipinski definition) is 1. The Kier molecular flexibility index (Phi) is 4.85. The zero-order valence-electron chi connectivity index (χ0n) is 11.4. The number of hydrogen-bond acceptors (Lipinski definition) is 2. The highest BCUT2D eigenvalue weighted by Crippen LogP contribution is 2.29. The number of alkyl halides is 2. The van der Waals surface area contributed by atoms with Gasteiger partial charge in [-0.05, 0) is 30.7 Å². The molecule has 0 aliphatic carbocycles. The van der Waals surface area contributed by atoms with Crippen LogP contribution in [0.4, 0.5) is 13.2 Å². The monoisotopic (exact) mass is 295 g/mol. The maximum atomic E-state index is 13.9. The van der Waals surface area contributed by atoms with Crippen LogP contribution in [-0.2, 0) is 12.3 Å². The average molecular weight is 295 g/mol. The Morgan fingerprint density at radius 1 is 1.05 bits per heavy atom. The van der Waals surface area contributed by atoms with Gasteiger partial charge >= 0.3 is 5.92 Å². The highest BCUT2D eigenvalue weighted by Gasteiger charge is 2.32. The lowest BCUT2D eigenvalue weighted by Gasteiger charge is -2.18. The van der Waals surface area contributed by atoms with Crippen LogP contribution in [0.2, 0.25) is 0 Å². The molecule has 0 spiro atoms. The van der Waals surface area contributed by atoms with Gasteiger partial charge in [0.05, 0.1) is 0 Å². The average Bonchev–Trinajstić information content (AvgIpc) is 2.48. The minimum absolute atomic E-state index is 0.162. The molecule has 0 unspecified atom stereocenters. The van der Waals surface area contributed by atoms with Gasteiger partial charge in [-0.1, -0.05) is 36.4 Å². The molecule has 0 aliphatic rings. The van der Waals surface area contributed by atoms with Crippen molar-refractivity contribution in [1.29, 1.82) is 0 Å². The molecule has 0 fully saturated rings. The van der Waals surface area contributed by atoms with Crippen molar-refractivity contribution in [1.82, 2.24) is 0 Å². The van der Waals surface area contributed by atoms with Gasteiger partial charge in [-0.3, -0.25) is 0 Å². The molecule has 2 aromatic rings. The summed E-state index contributed by atoms with van der Waals surface area (Å²) < 4.78 is 46.5. The first kappa shape index (κ1) is 15.4. The molecule has 2 aromatic carbocycles. The smallest absolute Gasteiger partial charge is 0.306 e. The standard InChI is InChI=1S/C16H16F3NO/c17-14-10-12(8-9-20)6-7-15(14)21-11-16(18,19)13-4-2-1-3-5-13/h1-7,10H,8-9,11,20H2. The molecule has 0 amide bonds. The molecular formula is C16H16F3NO. The van der Waals surface area contributed by atoms with Crippen molar-refractivity contribution in [2.45, 2.75) is 12.3 Å². The predicted molar refractivity (Wildman–Crippen MR) is 75.0 cm³/mol. The van der Waals surface area contributed by atoms with Crippen LogP contribution in [-0.4, -0.2) is 13.2 Å². The Hall–Kier alpha value is -2.01. The first-order chi connectivity index (χ1) is 10.0. The molecule has 2 nitrogen and oxygen atoms in total. The lowest BCUT2D eigenvalue weighted by atomic mass is 10.1. The van der Waals surface area contributed by atoms with Gasteiger partial charge in [0.1, 0.15) is 0 Å². The van der Waals surface area contributed by atoms with E-state index in [2.05, 4.69) is 0 Å². The molecule has 5 heteroatoms.